The van der Waals surface area contributed by atoms with Crippen LogP contribution in [0.2, 0.25) is 0 Å². The molecule has 0 aromatic heterocycles. The molecule has 1 atom stereocenters. The Balaban J connectivity index is 2.19. The maximum Gasteiger partial charge on any atom is 0.316 e. The van der Waals surface area contributed by atoms with Crippen molar-refractivity contribution in [2.75, 3.05) is 40.3 Å². The molecule has 1 fully saturated rings. The number of urea groups is 1. The van der Waals surface area contributed by atoms with Gasteiger partial charge in [-0.1, -0.05) is 0 Å². The van der Waals surface area contributed by atoms with Gasteiger partial charge in [0.25, 0.3) is 0 Å². The van der Waals surface area contributed by atoms with E-state index in [4.69, 9.17) is 4.74 Å². The largest absolute Gasteiger partial charge is 0.375 e. The summed E-state index contributed by atoms with van der Waals surface area (Å²) < 4.78 is 5.54. The zero-order valence-corrected chi connectivity index (χ0v) is 8.88. The van der Waals surface area contributed by atoms with Crippen LogP contribution in [0.25, 0.3) is 0 Å². The van der Waals surface area contributed by atoms with Crippen molar-refractivity contribution in [2.24, 2.45) is 0 Å². The van der Waals surface area contributed by atoms with Crippen LogP contribution >= 0.6 is 0 Å². The molecule has 0 saturated carbocycles. The van der Waals surface area contributed by atoms with E-state index < -0.39 is 0 Å². The Morgan fingerprint density at radius 3 is 3.14 bits per heavy atom. The molecule has 14 heavy (non-hydrogen) atoms. The lowest BCUT2D eigenvalue weighted by Gasteiger charge is -2.17. The quantitative estimate of drug-likeness (QED) is 0.641. The van der Waals surface area contributed by atoms with E-state index in [0.29, 0.717) is 6.54 Å². The normalized spacial score (nSPS) is 22.6. The van der Waals surface area contributed by atoms with Gasteiger partial charge in [-0.05, 0) is 13.0 Å². The summed E-state index contributed by atoms with van der Waals surface area (Å²) in [7, 11) is 3.45. The van der Waals surface area contributed by atoms with Crippen molar-refractivity contribution < 1.29 is 9.53 Å². The second-order valence-electron chi connectivity index (χ2n) is 3.63. The van der Waals surface area contributed by atoms with Crippen LogP contribution in [0.4, 0.5) is 4.79 Å². The van der Waals surface area contributed by atoms with E-state index in [1.165, 1.54) is 4.90 Å². The highest BCUT2D eigenvalue weighted by molar-refractivity contribution is 5.73. The maximum absolute atomic E-state index is 11.2. The van der Waals surface area contributed by atoms with Gasteiger partial charge < -0.3 is 20.3 Å². The standard InChI is InChI=1S/C9H19N3O2/c1-12(2)9(13)11-7-8-6-10-4-3-5-14-8/h8,10H,3-7H2,1-2H3,(H,11,13). The van der Waals surface area contributed by atoms with Gasteiger partial charge in [-0.2, -0.15) is 0 Å². The van der Waals surface area contributed by atoms with E-state index >= 15 is 0 Å². The van der Waals surface area contributed by atoms with Crippen molar-refractivity contribution in [1.82, 2.24) is 15.5 Å². The van der Waals surface area contributed by atoms with E-state index in [-0.39, 0.29) is 12.1 Å². The lowest BCUT2D eigenvalue weighted by atomic mass is 10.3. The number of hydrogen-bond donors (Lipinski definition) is 2. The molecule has 0 spiro atoms. The fourth-order valence-corrected chi connectivity index (χ4v) is 1.26. The van der Waals surface area contributed by atoms with Gasteiger partial charge in [-0.15, -0.1) is 0 Å². The molecular weight excluding hydrogens is 182 g/mol. The van der Waals surface area contributed by atoms with Crippen LogP contribution in [0.15, 0.2) is 0 Å². The van der Waals surface area contributed by atoms with Gasteiger partial charge in [0.05, 0.1) is 6.10 Å². The number of rotatable bonds is 2. The minimum atomic E-state index is -0.0714. The van der Waals surface area contributed by atoms with Crippen molar-refractivity contribution in [1.29, 1.82) is 0 Å². The molecule has 5 heteroatoms. The van der Waals surface area contributed by atoms with Gasteiger partial charge in [0.15, 0.2) is 0 Å². The topological polar surface area (TPSA) is 53.6 Å². The molecule has 1 saturated heterocycles. The first-order valence-corrected chi connectivity index (χ1v) is 4.97. The summed E-state index contributed by atoms with van der Waals surface area (Å²) in [5.41, 5.74) is 0. The van der Waals surface area contributed by atoms with Crippen LogP contribution in [0.3, 0.4) is 0 Å². The molecule has 82 valence electrons. The van der Waals surface area contributed by atoms with E-state index in [1.54, 1.807) is 14.1 Å². The Labute approximate surface area is 84.8 Å². The number of hydrogen-bond acceptors (Lipinski definition) is 3. The molecule has 2 amide bonds. The first-order chi connectivity index (χ1) is 6.70. The highest BCUT2D eigenvalue weighted by Crippen LogP contribution is 1.96. The molecule has 2 N–H and O–H groups in total. The molecule has 0 bridgehead atoms. The fraction of sp³-hybridized carbons (Fsp3) is 0.889. The van der Waals surface area contributed by atoms with Crippen LogP contribution < -0.4 is 10.6 Å². The summed E-state index contributed by atoms with van der Waals surface area (Å²) in [4.78, 5) is 12.7. The average Bonchev–Trinajstić information content (AvgIpc) is 2.42. The number of amides is 2. The number of ether oxygens (including phenoxy) is 1. The van der Waals surface area contributed by atoms with Gasteiger partial charge in [0.2, 0.25) is 0 Å². The molecule has 1 aliphatic heterocycles. The van der Waals surface area contributed by atoms with Crippen molar-refractivity contribution in [3.05, 3.63) is 0 Å². The number of nitrogens with one attached hydrogen (secondary N) is 2. The zero-order valence-electron chi connectivity index (χ0n) is 8.88. The molecule has 1 heterocycles. The second kappa shape index (κ2) is 5.82. The van der Waals surface area contributed by atoms with Gasteiger partial charge in [0.1, 0.15) is 0 Å². The molecule has 0 aromatic carbocycles. The summed E-state index contributed by atoms with van der Waals surface area (Å²) in [6.07, 6.45) is 1.14. The summed E-state index contributed by atoms with van der Waals surface area (Å²) in [5.74, 6) is 0. The van der Waals surface area contributed by atoms with Crippen LogP contribution in [-0.2, 0) is 4.74 Å². The first kappa shape index (κ1) is 11.3. The lowest BCUT2D eigenvalue weighted by Crippen LogP contribution is -2.42. The smallest absolute Gasteiger partial charge is 0.316 e. The second-order valence-corrected chi connectivity index (χ2v) is 3.63. The molecular formula is C9H19N3O2. The molecule has 1 rings (SSSR count). The molecule has 5 nitrogen and oxygen atoms in total. The minimum absolute atomic E-state index is 0.0714. The van der Waals surface area contributed by atoms with Crippen molar-refractivity contribution >= 4 is 6.03 Å². The molecule has 0 aromatic rings. The zero-order chi connectivity index (χ0) is 10.4. The van der Waals surface area contributed by atoms with Gasteiger partial charge in [-0.3, -0.25) is 0 Å². The monoisotopic (exact) mass is 201 g/mol. The van der Waals surface area contributed by atoms with Gasteiger partial charge in [0, 0.05) is 33.8 Å². The lowest BCUT2D eigenvalue weighted by molar-refractivity contribution is 0.0677. The first-order valence-electron chi connectivity index (χ1n) is 4.97. The Kier molecular flexibility index (Phi) is 4.69. The number of carbonyl (C=O) groups excluding carboxylic acids is 1. The van der Waals surface area contributed by atoms with E-state index in [1.807, 2.05) is 0 Å². The average molecular weight is 201 g/mol. The number of carbonyl (C=O) groups is 1. The molecule has 1 aliphatic rings. The Hall–Kier alpha value is -0.810. The van der Waals surface area contributed by atoms with Crippen LogP contribution in [-0.4, -0.2) is 57.4 Å². The Morgan fingerprint density at radius 1 is 1.64 bits per heavy atom. The summed E-state index contributed by atoms with van der Waals surface area (Å²) >= 11 is 0. The van der Waals surface area contributed by atoms with Crippen molar-refractivity contribution in [2.45, 2.75) is 12.5 Å². The van der Waals surface area contributed by atoms with Gasteiger partial charge in [-0.25, -0.2) is 4.79 Å². The van der Waals surface area contributed by atoms with Crippen molar-refractivity contribution in [3.8, 4) is 0 Å². The van der Waals surface area contributed by atoms with Crippen LogP contribution in [0, 0.1) is 0 Å². The SMILES string of the molecule is CN(C)C(=O)NCC1CNCCCO1. The molecule has 0 aliphatic carbocycles. The van der Waals surface area contributed by atoms with Gasteiger partial charge >= 0.3 is 6.03 Å². The fourth-order valence-electron chi connectivity index (χ4n) is 1.26. The third-order valence-corrected chi connectivity index (χ3v) is 2.11. The molecule has 1 unspecified atom stereocenters. The van der Waals surface area contributed by atoms with Crippen molar-refractivity contribution in [3.63, 3.8) is 0 Å². The van der Waals surface area contributed by atoms with Crippen LogP contribution in [0.1, 0.15) is 6.42 Å². The Bertz CT molecular complexity index is 177. The highest BCUT2D eigenvalue weighted by Gasteiger charge is 2.13. The third kappa shape index (κ3) is 3.93. The predicted molar refractivity (Wildman–Crippen MR) is 54.3 cm³/mol. The minimum Gasteiger partial charge on any atom is -0.375 e. The maximum atomic E-state index is 11.2. The van der Waals surface area contributed by atoms with E-state index in [9.17, 15) is 4.79 Å². The third-order valence-electron chi connectivity index (χ3n) is 2.11. The van der Waals surface area contributed by atoms with E-state index in [0.717, 1.165) is 26.1 Å². The molecule has 0 radical (unpaired) electrons. The van der Waals surface area contributed by atoms with Crippen LogP contribution in [0.5, 0.6) is 0 Å². The highest BCUT2D eigenvalue weighted by atomic mass is 16.5. The van der Waals surface area contributed by atoms with E-state index in [2.05, 4.69) is 10.6 Å². The summed E-state index contributed by atoms with van der Waals surface area (Å²) in [6, 6.07) is -0.0714. The predicted octanol–water partition coefficient (Wildman–Crippen LogP) is -0.364. The summed E-state index contributed by atoms with van der Waals surface area (Å²) in [5, 5.41) is 6.06. The Morgan fingerprint density at radius 2 is 2.43 bits per heavy atom. The summed E-state index contributed by atoms with van der Waals surface area (Å²) in [6.45, 7) is 3.16. The number of nitrogens with zero attached hydrogens (tertiary/aromatic N) is 1.